The Balaban J connectivity index is 1.83. The number of methoxy groups -OCH3 is 4. The van der Waals surface area contributed by atoms with Gasteiger partial charge in [0.15, 0.2) is 0 Å². The third-order valence-electron chi connectivity index (χ3n) is 6.35. The SMILES string of the molecule is COC(=O)C1=C(C(=O)OC)SC(=C2C(=S)C(C)(C)N(C(=O)C=Cc3ccc(OC)cc3)c3ccc(OC)cc32)S1. The van der Waals surface area contributed by atoms with E-state index in [1.54, 1.807) is 43.4 Å². The lowest BCUT2D eigenvalue weighted by atomic mass is 9.83. The Hall–Kier alpha value is -3.54. The van der Waals surface area contributed by atoms with Crippen LogP contribution in [0, 0.1) is 0 Å². The molecule has 40 heavy (non-hydrogen) atoms. The van der Waals surface area contributed by atoms with Crippen LogP contribution in [0.4, 0.5) is 5.69 Å². The molecule has 0 spiro atoms. The molecular formula is C29H27NO7S3. The van der Waals surface area contributed by atoms with Gasteiger partial charge in [-0.05, 0) is 55.8 Å². The minimum atomic E-state index is -0.943. The average Bonchev–Trinajstić information content (AvgIpc) is 3.40. The van der Waals surface area contributed by atoms with Gasteiger partial charge in [0, 0.05) is 17.2 Å². The average molecular weight is 598 g/mol. The number of benzene rings is 2. The van der Waals surface area contributed by atoms with E-state index in [9.17, 15) is 14.4 Å². The fraction of sp³-hybridized carbons (Fsp3) is 0.241. The Morgan fingerprint density at radius 2 is 1.40 bits per heavy atom. The van der Waals surface area contributed by atoms with Gasteiger partial charge in [-0.25, -0.2) is 9.59 Å². The van der Waals surface area contributed by atoms with E-state index in [1.165, 1.54) is 20.3 Å². The summed E-state index contributed by atoms with van der Waals surface area (Å²) in [6.45, 7) is 3.73. The summed E-state index contributed by atoms with van der Waals surface area (Å²) in [6.07, 6.45) is 3.24. The zero-order chi connectivity index (χ0) is 29.2. The van der Waals surface area contributed by atoms with Gasteiger partial charge in [-0.3, -0.25) is 9.69 Å². The molecule has 2 heterocycles. The van der Waals surface area contributed by atoms with Crippen LogP contribution >= 0.6 is 35.7 Å². The summed E-state index contributed by atoms with van der Waals surface area (Å²) < 4.78 is 21.1. The van der Waals surface area contributed by atoms with Crippen LogP contribution in [0.3, 0.4) is 0 Å². The molecule has 208 valence electrons. The molecule has 2 aromatic carbocycles. The highest BCUT2D eigenvalue weighted by molar-refractivity contribution is 8.29. The third kappa shape index (κ3) is 5.41. The van der Waals surface area contributed by atoms with E-state index < -0.39 is 17.5 Å². The molecule has 4 rings (SSSR count). The molecule has 0 aromatic heterocycles. The van der Waals surface area contributed by atoms with Crippen molar-refractivity contribution >= 4 is 75.8 Å². The number of carbonyl (C=O) groups is 3. The van der Waals surface area contributed by atoms with Crippen molar-refractivity contribution in [3.05, 3.63) is 73.7 Å². The second-order valence-electron chi connectivity index (χ2n) is 9.06. The lowest BCUT2D eigenvalue weighted by Gasteiger charge is -2.45. The number of nitrogens with zero attached hydrogens (tertiary/aromatic N) is 1. The van der Waals surface area contributed by atoms with Crippen molar-refractivity contribution in [3.8, 4) is 11.5 Å². The number of fused-ring (bicyclic) bond motifs is 1. The molecule has 2 aromatic rings. The lowest BCUT2D eigenvalue weighted by molar-refractivity contribution is -0.138. The van der Waals surface area contributed by atoms with E-state index in [0.29, 0.717) is 31.7 Å². The molecule has 0 saturated carbocycles. The van der Waals surface area contributed by atoms with Gasteiger partial charge in [-0.2, -0.15) is 0 Å². The highest BCUT2D eigenvalue weighted by Gasteiger charge is 2.45. The maximum atomic E-state index is 13.7. The highest BCUT2D eigenvalue weighted by Crippen LogP contribution is 2.56. The molecule has 0 fully saturated rings. The summed E-state index contributed by atoms with van der Waals surface area (Å²) in [6, 6.07) is 12.7. The Morgan fingerprint density at radius 1 is 0.850 bits per heavy atom. The van der Waals surface area contributed by atoms with E-state index in [2.05, 4.69) is 0 Å². The van der Waals surface area contributed by atoms with Gasteiger partial charge < -0.3 is 18.9 Å². The fourth-order valence-corrected chi connectivity index (χ4v) is 7.31. The number of rotatable bonds is 6. The second kappa shape index (κ2) is 11.9. The molecule has 2 aliphatic rings. The standard InChI is InChI=1S/C29H27NO7S3/c1-29(2)25(38)22(28-39-23(26(32)36-5)24(40-28)27(33)37-6)19-15-18(35-4)12-13-20(19)30(29)21(31)14-9-16-7-10-17(34-3)11-8-16/h7-15H,1-6H3. The smallest absolute Gasteiger partial charge is 0.346 e. The molecule has 0 radical (unpaired) electrons. The van der Waals surface area contributed by atoms with E-state index in [4.69, 9.17) is 31.2 Å². The Labute approximate surface area is 246 Å². The second-order valence-corrected chi connectivity index (χ2v) is 11.8. The molecule has 0 bridgehead atoms. The normalized spacial score (nSPS) is 16.2. The number of ether oxygens (including phenoxy) is 4. The number of thiocarbonyl (C=S) groups is 1. The van der Waals surface area contributed by atoms with Crippen LogP contribution in [0.2, 0.25) is 0 Å². The number of hydrogen-bond acceptors (Lipinski definition) is 10. The van der Waals surface area contributed by atoms with Crippen molar-refractivity contribution in [2.24, 2.45) is 0 Å². The van der Waals surface area contributed by atoms with E-state index in [1.807, 2.05) is 38.1 Å². The van der Waals surface area contributed by atoms with Crippen molar-refractivity contribution in [1.29, 1.82) is 0 Å². The number of thioether (sulfide) groups is 2. The van der Waals surface area contributed by atoms with Crippen molar-refractivity contribution < 1.29 is 33.3 Å². The van der Waals surface area contributed by atoms with Crippen LogP contribution in [-0.2, 0) is 23.9 Å². The van der Waals surface area contributed by atoms with Gasteiger partial charge >= 0.3 is 11.9 Å². The Bertz CT molecular complexity index is 1460. The van der Waals surface area contributed by atoms with Crippen LogP contribution in [-0.4, -0.2) is 56.7 Å². The summed E-state index contributed by atoms with van der Waals surface area (Å²) >= 11 is 8.20. The van der Waals surface area contributed by atoms with Crippen LogP contribution in [0.25, 0.3) is 11.6 Å². The number of esters is 2. The van der Waals surface area contributed by atoms with Gasteiger partial charge in [0.1, 0.15) is 21.3 Å². The van der Waals surface area contributed by atoms with Crippen LogP contribution < -0.4 is 14.4 Å². The number of amides is 1. The summed E-state index contributed by atoms with van der Waals surface area (Å²) in [5.41, 5.74) is 1.77. The molecule has 8 nitrogen and oxygen atoms in total. The minimum Gasteiger partial charge on any atom is -0.497 e. The van der Waals surface area contributed by atoms with Gasteiger partial charge in [0.25, 0.3) is 5.91 Å². The summed E-state index contributed by atoms with van der Waals surface area (Å²) in [7, 11) is 5.64. The van der Waals surface area contributed by atoms with Crippen molar-refractivity contribution in [2.75, 3.05) is 33.3 Å². The van der Waals surface area contributed by atoms with E-state index in [-0.39, 0.29) is 15.7 Å². The monoisotopic (exact) mass is 597 g/mol. The first-order chi connectivity index (χ1) is 19.1. The van der Waals surface area contributed by atoms with Crippen LogP contribution in [0.1, 0.15) is 25.0 Å². The lowest BCUT2D eigenvalue weighted by Crippen LogP contribution is -2.55. The van der Waals surface area contributed by atoms with Crippen molar-refractivity contribution in [2.45, 2.75) is 19.4 Å². The van der Waals surface area contributed by atoms with E-state index >= 15 is 0 Å². The molecule has 11 heteroatoms. The van der Waals surface area contributed by atoms with Crippen LogP contribution in [0.5, 0.6) is 11.5 Å². The molecule has 0 aliphatic carbocycles. The summed E-state index contributed by atoms with van der Waals surface area (Å²) in [5.74, 6) is -0.296. The van der Waals surface area contributed by atoms with E-state index in [0.717, 1.165) is 34.8 Å². The fourth-order valence-electron chi connectivity index (χ4n) is 4.28. The largest absolute Gasteiger partial charge is 0.497 e. The van der Waals surface area contributed by atoms with Gasteiger partial charge in [0.2, 0.25) is 0 Å². The molecule has 2 aliphatic heterocycles. The van der Waals surface area contributed by atoms with Crippen molar-refractivity contribution in [1.82, 2.24) is 0 Å². The third-order valence-corrected chi connectivity index (χ3v) is 9.61. The first-order valence-electron chi connectivity index (χ1n) is 12.0. The topological polar surface area (TPSA) is 91.4 Å². The van der Waals surface area contributed by atoms with Crippen LogP contribution in [0.15, 0.2) is 62.6 Å². The van der Waals surface area contributed by atoms with Gasteiger partial charge in [0.05, 0.1) is 48.8 Å². The molecule has 0 atom stereocenters. The maximum Gasteiger partial charge on any atom is 0.346 e. The number of hydrogen-bond donors (Lipinski definition) is 0. The number of anilines is 1. The Kier molecular flexibility index (Phi) is 8.77. The molecule has 1 amide bonds. The number of carbonyl (C=O) groups excluding carboxylic acids is 3. The quantitative estimate of drug-likeness (QED) is 0.237. The summed E-state index contributed by atoms with van der Waals surface area (Å²) in [4.78, 5) is 41.1. The predicted octanol–water partition coefficient (Wildman–Crippen LogP) is 5.62. The minimum absolute atomic E-state index is 0.118. The first-order valence-corrected chi connectivity index (χ1v) is 14.0. The van der Waals surface area contributed by atoms with Crippen molar-refractivity contribution in [3.63, 3.8) is 0 Å². The molecule has 0 N–H and O–H groups in total. The van der Waals surface area contributed by atoms with Gasteiger partial charge in [-0.1, -0.05) is 47.9 Å². The maximum absolute atomic E-state index is 13.7. The first kappa shape index (κ1) is 29.4. The summed E-state index contributed by atoms with van der Waals surface area (Å²) in [5, 5.41) is 0. The predicted molar refractivity (Wildman–Crippen MR) is 162 cm³/mol. The zero-order valence-electron chi connectivity index (χ0n) is 22.7. The highest BCUT2D eigenvalue weighted by atomic mass is 32.2. The Morgan fingerprint density at radius 3 is 1.93 bits per heavy atom. The van der Waals surface area contributed by atoms with Gasteiger partial charge in [-0.15, -0.1) is 0 Å². The molecule has 0 saturated heterocycles. The molecule has 0 unspecified atom stereocenters. The zero-order valence-corrected chi connectivity index (χ0v) is 25.2. The molecular weight excluding hydrogens is 571 g/mol.